The predicted molar refractivity (Wildman–Crippen MR) is 84.3 cm³/mol. The van der Waals surface area contributed by atoms with Crippen molar-refractivity contribution in [1.29, 1.82) is 5.26 Å². The van der Waals surface area contributed by atoms with Crippen molar-refractivity contribution in [2.75, 3.05) is 6.54 Å². The molecule has 0 radical (unpaired) electrons. The zero-order valence-electron chi connectivity index (χ0n) is 11.4. The fourth-order valence-corrected chi connectivity index (χ4v) is 2.79. The van der Waals surface area contributed by atoms with E-state index in [0.717, 1.165) is 9.79 Å². The van der Waals surface area contributed by atoms with E-state index in [2.05, 4.69) is 18.0 Å². The highest BCUT2D eigenvalue weighted by molar-refractivity contribution is 7.99. The maximum atomic E-state index is 12.1. The normalized spacial score (nSPS) is 9.67. The van der Waals surface area contributed by atoms with E-state index in [4.69, 9.17) is 5.26 Å². The Hall–Kier alpha value is -2.51. The first kappa shape index (κ1) is 14.9. The van der Waals surface area contributed by atoms with Crippen LogP contribution >= 0.6 is 11.8 Å². The number of nitrogens with one attached hydrogen (secondary N) is 1. The van der Waals surface area contributed by atoms with Crippen molar-refractivity contribution in [3.8, 4) is 6.07 Å². The Morgan fingerprint density at radius 1 is 1.19 bits per heavy atom. The second kappa shape index (κ2) is 7.32. The molecule has 0 saturated carbocycles. The van der Waals surface area contributed by atoms with E-state index < -0.39 is 0 Å². The molecule has 0 aliphatic carbocycles. The minimum atomic E-state index is -0.146. The van der Waals surface area contributed by atoms with Crippen LogP contribution in [0.5, 0.6) is 0 Å². The van der Waals surface area contributed by atoms with E-state index in [0.29, 0.717) is 17.7 Å². The van der Waals surface area contributed by atoms with Gasteiger partial charge in [0.25, 0.3) is 5.91 Å². The van der Waals surface area contributed by atoms with Crippen LogP contribution in [0.3, 0.4) is 0 Å². The summed E-state index contributed by atoms with van der Waals surface area (Å²) in [5, 5.41) is 11.9. The van der Waals surface area contributed by atoms with Crippen molar-refractivity contribution < 1.29 is 4.79 Å². The Morgan fingerprint density at radius 3 is 2.57 bits per heavy atom. The van der Waals surface area contributed by atoms with Gasteiger partial charge in [-0.05, 0) is 24.3 Å². The smallest absolute Gasteiger partial charge is 0.252 e. The van der Waals surface area contributed by atoms with E-state index >= 15 is 0 Å². The Bertz CT molecular complexity index is 704. The molecule has 2 aromatic carbocycles. The van der Waals surface area contributed by atoms with Crippen molar-refractivity contribution in [1.82, 2.24) is 5.32 Å². The number of rotatable bonds is 5. The molecule has 104 valence electrons. The molecule has 0 aliphatic rings. The van der Waals surface area contributed by atoms with Gasteiger partial charge in [0.1, 0.15) is 6.07 Å². The minimum Gasteiger partial charge on any atom is -0.349 e. The summed E-state index contributed by atoms with van der Waals surface area (Å²) in [4.78, 5) is 13.8. The van der Waals surface area contributed by atoms with E-state index in [1.54, 1.807) is 18.2 Å². The molecule has 0 aliphatic heterocycles. The zero-order chi connectivity index (χ0) is 15.1. The lowest BCUT2D eigenvalue weighted by molar-refractivity contribution is 0.0955. The van der Waals surface area contributed by atoms with Gasteiger partial charge in [-0.1, -0.05) is 42.1 Å². The van der Waals surface area contributed by atoms with Crippen LogP contribution in [0.15, 0.2) is 71.0 Å². The second-order valence-electron chi connectivity index (χ2n) is 4.20. The summed E-state index contributed by atoms with van der Waals surface area (Å²) in [5.74, 6) is -0.146. The minimum absolute atomic E-state index is 0.146. The summed E-state index contributed by atoms with van der Waals surface area (Å²) in [6.45, 7) is 4.01. The fourth-order valence-electron chi connectivity index (χ4n) is 1.77. The van der Waals surface area contributed by atoms with Gasteiger partial charge in [0.2, 0.25) is 0 Å². The summed E-state index contributed by atoms with van der Waals surface area (Å²) >= 11 is 1.42. The first-order valence-electron chi connectivity index (χ1n) is 6.41. The molecule has 2 rings (SSSR count). The number of nitriles is 1. The molecule has 4 heteroatoms. The fraction of sp³-hybridized carbons (Fsp3) is 0.0588. The number of nitrogens with zero attached hydrogens (tertiary/aromatic N) is 1. The Kier molecular flexibility index (Phi) is 5.19. The highest BCUT2D eigenvalue weighted by Crippen LogP contribution is 2.32. The topological polar surface area (TPSA) is 52.9 Å². The van der Waals surface area contributed by atoms with Crippen molar-refractivity contribution in [2.45, 2.75) is 9.79 Å². The lowest BCUT2D eigenvalue weighted by atomic mass is 10.2. The molecule has 0 fully saturated rings. The van der Waals surface area contributed by atoms with Gasteiger partial charge in [0.15, 0.2) is 0 Å². The third-order valence-electron chi connectivity index (χ3n) is 2.77. The van der Waals surface area contributed by atoms with Crippen molar-refractivity contribution >= 4 is 17.7 Å². The second-order valence-corrected chi connectivity index (χ2v) is 5.29. The quantitative estimate of drug-likeness (QED) is 0.857. The molecule has 2 aromatic rings. The number of benzene rings is 2. The Labute approximate surface area is 128 Å². The largest absolute Gasteiger partial charge is 0.349 e. The van der Waals surface area contributed by atoms with Gasteiger partial charge in [-0.3, -0.25) is 4.79 Å². The molecule has 0 bridgehead atoms. The SMILES string of the molecule is C=CCNC(=O)c1ccccc1Sc1ccccc1C#N. The molecular weight excluding hydrogens is 280 g/mol. The number of carbonyl (C=O) groups excluding carboxylic acids is 1. The molecule has 1 amide bonds. The summed E-state index contributed by atoms with van der Waals surface area (Å²) in [7, 11) is 0. The molecule has 0 aromatic heterocycles. The molecule has 21 heavy (non-hydrogen) atoms. The van der Waals surface area contributed by atoms with Crippen LogP contribution in [0.1, 0.15) is 15.9 Å². The predicted octanol–water partition coefficient (Wildman–Crippen LogP) is 3.63. The first-order valence-corrected chi connectivity index (χ1v) is 7.23. The van der Waals surface area contributed by atoms with Gasteiger partial charge >= 0.3 is 0 Å². The van der Waals surface area contributed by atoms with E-state index in [1.165, 1.54) is 11.8 Å². The average Bonchev–Trinajstić information content (AvgIpc) is 2.53. The number of amides is 1. The highest BCUT2D eigenvalue weighted by atomic mass is 32.2. The molecule has 0 unspecified atom stereocenters. The monoisotopic (exact) mass is 294 g/mol. The van der Waals surface area contributed by atoms with Crippen LogP contribution < -0.4 is 5.32 Å². The maximum absolute atomic E-state index is 12.1. The van der Waals surface area contributed by atoms with Crippen molar-refractivity contribution in [3.63, 3.8) is 0 Å². The molecule has 0 spiro atoms. The first-order chi connectivity index (χ1) is 10.3. The number of carbonyl (C=O) groups is 1. The van der Waals surface area contributed by atoms with Gasteiger partial charge in [-0.25, -0.2) is 0 Å². The average molecular weight is 294 g/mol. The van der Waals surface area contributed by atoms with Crippen LogP contribution in [0.25, 0.3) is 0 Å². The summed E-state index contributed by atoms with van der Waals surface area (Å²) in [6.07, 6.45) is 1.64. The van der Waals surface area contributed by atoms with Crippen LogP contribution in [0.2, 0.25) is 0 Å². The van der Waals surface area contributed by atoms with Gasteiger partial charge in [-0.2, -0.15) is 5.26 Å². The van der Waals surface area contributed by atoms with E-state index in [-0.39, 0.29) is 5.91 Å². The van der Waals surface area contributed by atoms with Crippen LogP contribution in [-0.4, -0.2) is 12.5 Å². The maximum Gasteiger partial charge on any atom is 0.252 e. The number of hydrogen-bond acceptors (Lipinski definition) is 3. The molecule has 0 heterocycles. The molecule has 1 N–H and O–H groups in total. The Balaban J connectivity index is 2.30. The van der Waals surface area contributed by atoms with E-state index in [9.17, 15) is 4.79 Å². The van der Waals surface area contributed by atoms with Crippen molar-refractivity contribution in [3.05, 3.63) is 72.3 Å². The lowest BCUT2D eigenvalue weighted by Crippen LogP contribution is -2.23. The molecule has 3 nitrogen and oxygen atoms in total. The van der Waals surface area contributed by atoms with Crippen molar-refractivity contribution in [2.24, 2.45) is 0 Å². The van der Waals surface area contributed by atoms with Gasteiger partial charge in [0.05, 0.1) is 11.1 Å². The number of hydrogen-bond donors (Lipinski definition) is 1. The summed E-state index contributed by atoms with van der Waals surface area (Å²) < 4.78 is 0. The Morgan fingerprint density at radius 2 is 1.86 bits per heavy atom. The van der Waals surface area contributed by atoms with Gasteiger partial charge in [-0.15, -0.1) is 6.58 Å². The molecule has 0 saturated heterocycles. The molecular formula is C17H14N2OS. The van der Waals surface area contributed by atoms with Crippen LogP contribution in [0, 0.1) is 11.3 Å². The van der Waals surface area contributed by atoms with Gasteiger partial charge in [0, 0.05) is 16.3 Å². The van der Waals surface area contributed by atoms with Gasteiger partial charge < -0.3 is 5.32 Å². The standard InChI is InChI=1S/C17H14N2OS/c1-2-11-19-17(20)14-8-4-6-10-16(14)21-15-9-5-3-7-13(15)12-18/h2-10H,1,11H2,(H,19,20). The summed E-state index contributed by atoms with van der Waals surface area (Å²) in [6, 6.07) is 16.9. The third-order valence-corrected chi connectivity index (χ3v) is 3.92. The van der Waals surface area contributed by atoms with Crippen LogP contribution in [-0.2, 0) is 0 Å². The van der Waals surface area contributed by atoms with Crippen LogP contribution in [0.4, 0.5) is 0 Å². The lowest BCUT2D eigenvalue weighted by Gasteiger charge is -2.09. The zero-order valence-corrected chi connectivity index (χ0v) is 12.2. The van der Waals surface area contributed by atoms with E-state index in [1.807, 2.05) is 36.4 Å². The summed E-state index contributed by atoms with van der Waals surface area (Å²) in [5.41, 5.74) is 1.20. The highest BCUT2D eigenvalue weighted by Gasteiger charge is 2.12. The molecule has 0 atom stereocenters. The third kappa shape index (κ3) is 3.74.